The van der Waals surface area contributed by atoms with Crippen molar-refractivity contribution < 1.29 is 4.79 Å². The molecule has 2 atom stereocenters. The highest BCUT2D eigenvalue weighted by Crippen LogP contribution is 2.34. The van der Waals surface area contributed by atoms with E-state index >= 15 is 0 Å². The Morgan fingerprint density at radius 1 is 1.12 bits per heavy atom. The van der Waals surface area contributed by atoms with Crippen molar-refractivity contribution in [3.8, 4) is 0 Å². The standard InChI is InChI=1S/C19H18BrN3O2S/c20-15-6-4-13(5-7-15)18(25)21-19(26)22-9-12-8-14(11-22)16-2-1-3-17(24)23(16)10-12/h1-7,12,14H,8-11H2,(H,21,25,26)/t12-,14-/m1/s1. The molecule has 7 heteroatoms. The van der Waals surface area contributed by atoms with Gasteiger partial charge in [0.25, 0.3) is 11.5 Å². The van der Waals surface area contributed by atoms with Crippen LogP contribution < -0.4 is 10.9 Å². The average molecular weight is 432 g/mol. The minimum Gasteiger partial charge on any atom is -0.348 e. The molecule has 2 aromatic rings. The predicted molar refractivity (Wildman–Crippen MR) is 107 cm³/mol. The number of aromatic nitrogens is 1. The highest BCUT2D eigenvalue weighted by atomic mass is 79.9. The molecule has 0 unspecified atom stereocenters. The van der Waals surface area contributed by atoms with Crippen molar-refractivity contribution in [2.24, 2.45) is 5.92 Å². The second-order valence-corrected chi connectivity index (χ2v) is 8.17. The van der Waals surface area contributed by atoms with E-state index < -0.39 is 0 Å². The number of nitrogens with one attached hydrogen (secondary N) is 1. The molecule has 134 valence electrons. The van der Waals surface area contributed by atoms with Crippen LogP contribution in [-0.2, 0) is 6.54 Å². The Labute approximate surface area is 165 Å². The van der Waals surface area contributed by atoms with Crippen LogP contribution in [0, 0.1) is 5.92 Å². The predicted octanol–water partition coefficient (Wildman–Crippen LogP) is 2.74. The number of fused-ring (bicyclic) bond motifs is 4. The molecule has 0 radical (unpaired) electrons. The van der Waals surface area contributed by atoms with E-state index in [-0.39, 0.29) is 17.4 Å². The minimum atomic E-state index is -0.199. The van der Waals surface area contributed by atoms with Crippen molar-refractivity contribution >= 4 is 39.2 Å². The molecule has 2 aliphatic rings. The number of amides is 1. The molecule has 1 N–H and O–H groups in total. The normalized spacial score (nSPS) is 21.0. The number of pyridine rings is 1. The van der Waals surface area contributed by atoms with Crippen LogP contribution in [0.3, 0.4) is 0 Å². The summed E-state index contributed by atoms with van der Waals surface area (Å²) in [6, 6.07) is 12.6. The van der Waals surface area contributed by atoms with Crippen molar-refractivity contribution in [1.82, 2.24) is 14.8 Å². The molecule has 0 saturated carbocycles. The Hall–Kier alpha value is -1.99. The first-order valence-electron chi connectivity index (χ1n) is 8.57. The largest absolute Gasteiger partial charge is 0.348 e. The minimum absolute atomic E-state index is 0.0665. The number of likely N-dealkylation sites (tertiary alicyclic amines) is 1. The molecule has 2 aliphatic heterocycles. The Morgan fingerprint density at radius 2 is 1.88 bits per heavy atom. The number of carbonyl (C=O) groups excluding carboxylic acids is 1. The van der Waals surface area contributed by atoms with E-state index in [9.17, 15) is 9.59 Å². The van der Waals surface area contributed by atoms with Gasteiger partial charge < -0.3 is 9.47 Å². The second kappa shape index (κ2) is 6.96. The van der Waals surface area contributed by atoms with Crippen LogP contribution in [0.5, 0.6) is 0 Å². The van der Waals surface area contributed by atoms with Crippen LogP contribution >= 0.6 is 28.1 Å². The average Bonchev–Trinajstić information content (AvgIpc) is 2.63. The Bertz CT molecular complexity index is 925. The van der Waals surface area contributed by atoms with E-state index in [1.807, 2.05) is 28.8 Å². The van der Waals surface area contributed by atoms with E-state index in [0.29, 0.717) is 23.1 Å². The van der Waals surface area contributed by atoms with Gasteiger partial charge in [0.2, 0.25) is 0 Å². The number of thiocarbonyl (C=S) groups is 1. The maximum absolute atomic E-state index is 12.4. The van der Waals surface area contributed by atoms with Crippen molar-refractivity contribution in [2.75, 3.05) is 13.1 Å². The number of rotatable bonds is 1. The van der Waals surface area contributed by atoms with Crippen LogP contribution in [0.2, 0.25) is 0 Å². The lowest BCUT2D eigenvalue weighted by molar-refractivity contribution is 0.0968. The number of piperidine rings is 1. The van der Waals surface area contributed by atoms with Crippen LogP contribution in [-0.4, -0.2) is 33.6 Å². The van der Waals surface area contributed by atoms with Gasteiger partial charge in [0.1, 0.15) is 0 Å². The molecule has 1 aromatic heterocycles. The van der Waals surface area contributed by atoms with Gasteiger partial charge in [0.05, 0.1) is 0 Å². The summed E-state index contributed by atoms with van der Waals surface area (Å²) in [7, 11) is 0. The first-order chi connectivity index (χ1) is 12.5. The van der Waals surface area contributed by atoms with Gasteiger partial charge >= 0.3 is 0 Å². The summed E-state index contributed by atoms with van der Waals surface area (Å²) < 4.78 is 2.81. The van der Waals surface area contributed by atoms with E-state index in [2.05, 4.69) is 26.1 Å². The number of halogens is 1. The van der Waals surface area contributed by atoms with Gasteiger partial charge in [0.15, 0.2) is 5.11 Å². The topological polar surface area (TPSA) is 54.3 Å². The summed E-state index contributed by atoms with van der Waals surface area (Å²) >= 11 is 8.86. The lowest BCUT2D eigenvalue weighted by Crippen LogP contribution is -2.52. The second-order valence-electron chi connectivity index (χ2n) is 6.87. The molecular weight excluding hydrogens is 414 g/mol. The van der Waals surface area contributed by atoms with Gasteiger partial charge in [-0.15, -0.1) is 0 Å². The summed E-state index contributed by atoms with van der Waals surface area (Å²) in [5, 5.41) is 3.30. The number of carbonyl (C=O) groups is 1. The van der Waals surface area contributed by atoms with Gasteiger partial charge in [-0.25, -0.2) is 0 Å². The molecular formula is C19H18BrN3O2S. The molecule has 1 amide bonds. The first kappa shape index (κ1) is 17.4. The molecule has 4 rings (SSSR count). The molecule has 3 heterocycles. The molecule has 1 fully saturated rings. The summed E-state index contributed by atoms with van der Waals surface area (Å²) in [6.45, 7) is 2.20. The lowest BCUT2D eigenvalue weighted by Gasteiger charge is -2.43. The van der Waals surface area contributed by atoms with E-state index in [1.54, 1.807) is 18.2 Å². The van der Waals surface area contributed by atoms with E-state index in [0.717, 1.165) is 29.7 Å². The van der Waals surface area contributed by atoms with Crippen molar-refractivity contribution in [2.45, 2.75) is 18.9 Å². The Morgan fingerprint density at radius 3 is 2.65 bits per heavy atom. The fourth-order valence-electron chi connectivity index (χ4n) is 3.91. The van der Waals surface area contributed by atoms with E-state index in [1.165, 1.54) is 0 Å². The van der Waals surface area contributed by atoms with Gasteiger partial charge in [-0.3, -0.25) is 14.9 Å². The van der Waals surface area contributed by atoms with Gasteiger partial charge in [-0.1, -0.05) is 22.0 Å². The zero-order valence-electron chi connectivity index (χ0n) is 14.0. The molecule has 5 nitrogen and oxygen atoms in total. The third-order valence-electron chi connectivity index (χ3n) is 5.09. The summed E-state index contributed by atoms with van der Waals surface area (Å²) in [6.07, 6.45) is 1.06. The maximum atomic E-state index is 12.4. The smallest absolute Gasteiger partial charge is 0.257 e. The lowest BCUT2D eigenvalue weighted by atomic mass is 9.83. The Balaban J connectivity index is 1.48. The third kappa shape index (κ3) is 3.33. The maximum Gasteiger partial charge on any atom is 0.257 e. The van der Waals surface area contributed by atoms with Crippen molar-refractivity contribution in [3.05, 3.63) is 68.5 Å². The first-order valence-corrected chi connectivity index (χ1v) is 9.77. The summed E-state index contributed by atoms with van der Waals surface area (Å²) in [4.78, 5) is 26.6. The number of nitrogens with zero attached hydrogens (tertiary/aromatic N) is 2. The fourth-order valence-corrected chi connectivity index (χ4v) is 4.42. The summed E-state index contributed by atoms with van der Waals surface area (Å²) in [5.74, 6) is 0.428. The molecule has 0 spiro atoms. The molecule has 0 aliphatic carbocycles. The Kier molecular flexibility index (Phi) is 4.67. The highest BCUT2D eigenvalue weighted by Gasteiger charge is 2.35. The SMILES string of the molecule is O=C(NC(=S)N1C[C@H]2C[C@H](C1)c1cccc(=O)n1C2)c1ccc(Br)cc1. The third-order valence-corrected chi connectivity index (χ3v) is 5.98. The van der Waals surface area contributed by atoms with Gasteiger partial charge in [0, 0.05) is 47.3 Å². The molecule has 2 bridgehead atoms. The van der Waals surface area contributed by atoms with Crippen LogP contribution in [0.4, 0.5) is 0 Å². The number of hydrogen-bond acceptors (Lipinski definition) is 3. The number of benzene rings is 1. The van der Waals surface area contributed by atoms with Gasteiger partial charge in [-0.2, -0.15) is 0 Å². The highest BCUT2D eigenvalue weighted by molar-refractivity contribution is 9.10. The molecule has 1 saturated heterocycles. The van der Waals surface area contributed by atoms with Crippen LogP contribution in [0.1, 0.15) is 28.4 Å². The molecule has 26 heavy (non-hydrogen) atoms. The number of hydrogen-bond donors (Lipinski definition) is 1. The quantitative estimate of drug-likeness (QED) is 0.705. The van der Waals surface area contributed by atoms with Crippen LogP contribution in [0.15, 0.2) is 51.7 Å². The van der Waals surface area contributed by atoms with Crippen molar-refractivity contribution in [3.63, 3.8) is 0 Å². The zero-order valence-corrected chi connectivity index (χ0v) is 16.4. The van der Waals surface area contributed by atoms with Gasteiger partial charge in [-0.05, 0) is 54.9 Å². The van der Waals surface area contributed by atoms with Crippen LogP contribution in [0.25, 0.3) is 0 Å². The van der Waals surface area contributed by atoms with Crippen molar-refractivity contribution in [1.29, 1.82) is 0 Å². The molecule has 1 aromatic carbocycles. The summed E-state index contributed by atoms with van der Waals surface area (Å²) in [5.41, 5.74) is 1.71. The van der Waals surface area contributed by atoms with E-state index in [4.69, 9.17) is 12.2 Å². The fraction of sp³-hybridized carbons (Fsp3) is 0.316. The zero-order chi connectivity index (χ0) is 18.3. The monoisotopic (exact) mass is 431 g/mol.